The molecule has 0 amide bonds. The first-order valence-corrected chi connectivity index (χ1v) is 9.99. The van der Waals surface area contributed by atoms with Crippen molar-refractivity contribution >= 4 is 11.6 Å². The molecular weight excluding hydrogens is 356 g/mol. The van der Waals surface area contributed by atoms with Crippen LogP contribution in [0, 0.1) is 13.8 Å². The summed E-state index contributed by atoms with van der Waals surface area (Å²) in [4.78, 5) is 22.1. The van der Waals surface area contributed by atoms with Crippen molar-refractivity contribution in [3.8, 4) is 5.75 Å². The van der Waals surface area contributed by atoms with Crippen LogP contribution in [-0.2, 0) is 11.4 Å². The highest BCUT2D eigenvalue weighted by Gasteiger charge is 2.29. The van der Waals surface area contributed by atoms with E-state index in [0.29, 0.717) is 31.5 Å². The molecule has 0 aliphatic carbocycles. The first kappa shape index (κ1) is 19.0. The van der Waals surface area contributed by atoms with E-state index in [9.17, 15) is 4.79 Å². The summed E-state index contributed by atoms with van der Waals surface area (Å²) in [5, 5.41) is 0. The summed E-state index contributed by atoms with van der Waals surface area (Å²) >= 11 is 0. The van der Waals surface area contributed by atoms with E-state index in [2.05, 4.69) is 9.80 Å². The lowest BCUT2D eigenvalue weighted by atomic mass is 10.2. The molecule has 1 fully saturated rings. The fourth-order valence-corrected chi connectivity index (χ4v) is 3.86. The lowest BCUT2D eigenvalue weighted by molar-refractivity contribution is 0.0584. The van der Waals surface area contributed by atoms with Gasteiger partial charge in [0, 0.05) is 30.1 Å². The van der Waals surface area contributed by atoms with Crippen molar-refractivity contribution in [2.75, 3.05) is 31.3 Å². The van der Waals surface area contributed by atoms with Crippen LogP contribution in [0.5, 0.6) is 5.75 Å². The fourth-order valence-electron chi connectivity index (χ4n) is 3.86. The van der Waals surface area contributed by atoms with Gasteiger partial charge in [-0.15, -0.1) is 0 Å². The molecule has 0 bridgehead atoms. The van der Waals surface area contributed by atoms with E-state index in [0.717, 1.165) is 43.1 Å². The number of aryl methyl sites for hydroxylation is 1. The van der Waals surface area contributed by atoms with E-state index in [1.807, 2.05) is 45.0 Å². The first-order chi connectivity index (χ1) is 13.6. The van der Waals surface area contributed by atoms with Crippen LogP contribution < -0.4 is 15.2 Å². The molecular formula is C21H28N4O3. The van der Waals surface area contributed by atoms with E-state index in [-0.39, 0.29) is 11.7 Å². The van der Waals surface area contributed by atoms with E-state index >= 15 is 0 Å². The summed E-state index contributed by atoms with van der Waals surface area (Å²) in [5.74, 6) is 1.53. The number of anilines is 2. The minimum atomic E-state index is 0.0236. The molecule has 2 aliphatic rings. The van der Waals surface area contributed by atoms with Crippen LogP contribution in [0.1, 0.15) is 31.0 Å². The molecule has 1 unspecified atom stereocenters. The molecule has 0 N–H and O–H groups in total. The van der Waals surface area contributed by atoms with Crippen molar-refractivity contribution < 1.29 is 9.47 Å². The molecule has 0 spiro atoms. The quantitative estimate of drug-likeness (QED) is 0.790. The molecule has 2 aromatic rings. The third-order valence-electron chi connectivity index (χ3n) is 5.49. The number of hydrogen-bond acceptors (Lipinski definition) is 6. The maximum Gasteiger partial charge on any atom is 0.259 e. The van der Waals surface area contributed by atoms with Crippen LogP contribution in [-0.4, -0.2) is 47.0 Å². The van der Waals surface area contributed by atoms with Crippen LogP contribution >= 0.6 is 0 Å². The molecule has 3 heterocycles. The molecule has 7 heteroatoms. The molecule has 1 aromatic heterocycles. The van der Waals surface area contributed by atoms with E-state index < -0.39 is 0 Å². The molecule has 2 aliphatic heterocycles. The molecule has 0 saturated carbocycles. The minimum absolute atomic E-state index is 0.0236. The molecule has 1 atom stereocenters. The van der Waals surface area contributed by atoms with Gasteiger partial charge in [-0.25, -0.2) is 4.98 Å². The molecule has 1 aromatic carbocycles. The number of benzene rings is 1. The summed E-state index contributed by atoms with van der Waals surface area (Å²) in [7, 11) is 0. The van der Waals surface area contributed by atoms with Gasteiger partial charge in [0.25, 0.3) is 5.56 Å². The highest BCUT2D eigenvalue weighted by molar-refractivity contribution is 5.59. The summed E-state index contributed by atoms with van der Waals surface area (Å²) in [5.41, 5.74) is 2.49. The second-order valence-corrected chi connectivity index (χ2v) is 7.48. The van der Waals surface area contributed by atoms with Crippen molar-refractivity contribution in [2.24, 2.45) is 0 Å². The lowest BCUT2D eigenvalue weighted by Crippen LogP contribution is -2.49. The lowest BCUT2D eigenvalue weighted by Gasteiger charge is -2.39. The number of fused-ring (bicyclic) bond motifs is 1. The van der Waals surface area contributed by atoms with Gasteiger partial charge in [-0.1, -0.05) is 0 Å². The predicted octanol–water partition coefficient (Wildman–Crippen LogP) is 2.81. The largest absolute Gasteiger partial charge is 0.494 e. The highest BCUT2D eigenvalue weighted by atomic mass is 16.5. The normalized spacial score (nSPS) is 19.7. The third-order valence-corrected chi connectivity index (χ3v) is 5.49. The standard InChI is InChI=1S/C21H28N4O3/c1-4-27-18-9-7-17(8-10-18)24-13-23(12-19-6-5-11-28-19)14-25-20(26)15(2)16(3)22-21(24)25/h7-10,19H,4-6,11-14H2,1-3H3. The zero-order valence-corrected chi connectivity index (χ0v) is 16.9. The van der Waals surface area contributed by atoms with Gasteiger partial charge in [0.1, 0.15) is 5.75 Å². The van der Waals surface area contributed by atoms with Gasteiger partial charge in [-0.2, -0.15) is 0 Å². The zero-order valence-electron chi connectivity index (χ0n) is 16.9. The molecule has 0 radical (unpaired) electrons. The summed E-state index contributed by atoms with van der Waals surface area (Å²) < 4.78 is 13.2. The van der Waals surface area contributed by atoms with Crippen LogP contribution in [0.4, 0.5) is 11.6 Å². The van der Waals surface area contributed by atoms with Crippen molar-refractivity contribution in [3.63, 3.8) is 0 Å². The van der Waals surface area contributed by atoms with Crippen molar-refractivity contribution in [3.05, 3.63) is 45.9 Å². The Hall–Kier alpha value is -2.38. The maximum absolute atomic E-state index is 13.0. The second-order valence-electron chi connectivity index (χ2n) is 7.48. The van der Waals surface area contributed by atoms with Gasteiger partial charge in [-0.3, -0.25) is 19.2 Å². The Bertz CT molecular complexity index is 888. The second kappa shape index (κ2) is 7.93. The Morgan fingerprint density at radius 3 is 2.68 bits per heavy atom. The van der Waals surface area contributed by atoms with Crippen LogP contribution in [0.2, 0.25) is 0 Å². The van der Waals surface area contributed by atoms with Crippen LogP contribution in [0.15, 0.2) is 29.1 Å². The topological polar surface area (TPSA) is 59.8 Å². The van der Waals surface area contributed by atoms with Gasteiger partial charge < -0.3 is 9.47 Å². The number of hydrogen-bond donors (Lipinski definition) is 0. The Morgan fingerprint density at radius 1 is 1.21 bits per heavy atom. The molecule has 150 valence electrons. The van der Waals surface area contributed by atoms with Crippen LogP contribution in [0.25, 0.3) is 0 Å². The number of aromatic nitrogens is 2. The number of nitrogens with zero attached hydrogens (tertiary/aromatic N) is 4. The maximum atomic E-state index is 13.0. The molecule has 4 rings (SSSR count). The van der Waals surface area contributed by atoms with Crippen molar-refractivity contribution in [2.45, 2.75) is 46.4 Å². The van der Waals surface area contributed by atoms with Crippen molar-refractivity contribution in [1.29, 1.82) is 0 Å². The predicted molar refractivity (Wildman–Crippen MR) is 108 cm³/mol. The Balaban J connectivity index is 1.70. The number of ether oxygens (including phenoxy) is 2. The Kier molecular flexibility index (Phi) is 5.37. The summed E-state index contributed by atoms with van der Waals surface area (Å²) in [6, 6.07) is 7.96. The highest BCUT2D eigenvalue weighted by Crippen LogP contribution is 2.29. The van der Waals surface area contributed by atoms with E-state index in [4.69, 9.17) is 14.5 Å². The minimum Gasteiger partial charge on any atom is -0.494 e. The zero-order chi connectivity index (χ0) is 19.7. The summed E-state index contributed by atoms with van der Waals surface area (Å²) in [6.07, 6.45) is 2.42. The van der Waals surface area contributed by atoms with Gasteiger partial charge in [0.15, 0.2) is 0 Å². The van der Waals surface area contributed by atoms with Gasteiger partial charge >= 0.3 is 0 Å². The van der Waals surface area contributed by atoms with E-state index in [1.54, 1.807) is 4.57 Å². The average molecular weight is 384 g/mol. The van der Waals surface area contributed by atoms with Gasteiger partial charge in [0.2, 0.25) is 5.95 Å². The number of rotatable bonds is 5. The SMILES string of the molecule is CCOc1ccc(N2CN(CC3CCCO3)Cn3c2nc(C)c(C)c3=O)cc1. The molecule has 28 heavy (non-hydrogen) atoms. The first-order valence-electron chi connectivity index (χ1n) is 9.99. The van der Waals surface area contributed by atoms with Crippen molar-refractivity contribution in [1.82, 2.24) is 14.5 Å². The Labute approximate surface area is 165 Å². The monoisotopic (exact) mass is 384 g/mol. The van der Waals surface area contributed by atoms with Crippen LogP contribution in [0.3, 0.4) is 0 Å². The van der Waals surface area contributed by atoms with E-state index in [1.165, 1.54) is 0 Å². The molecule has 1 saturated heterocycles. The average Bonchev–Trinajstić information content (AvgIpc) is 3.20. The third kappa shape index (κ3) is 3.64. The fraction of sp³-hybridized carbons (Fsp3) is 0.524. The molecule has 7 nitrogen and oxygen atoms in total. The van der Waals surface area contributed by atoms with Gasteiger partial charge in [0.05, 0.1) is 26.0 Å². The smallest absolute Gasteiger partial charge is 0.259 e. The Morgan fingerprint density at radius 2 is 2.00 bits per heavy atom. The van der Waals surface area contributed by atoms with Gasteiger partial charge in [-0.05, 0) is 57.9 Å². The summed E-state index contributed by atoms with van der Waals surface area (Å²) in [6.45, 7) is 9.20.